The van der Waals surface area contributed by atoms with E-state index in [4.69, 9.17) is 20.4 Å². The quantitative estimate of drug-likeness (QED) is 0.257. The van der Waals surface area contributed by atoms with E-state index in [1.165, 1.54) is 5.56 Å². The molecule has 10 heteroatoms. The van der Waals surface area contributed by atoms with Crippen molar-refractivity contribution in [2.24, 2.45) is 5.92 Å². The number of ether oxygens (including phenoxy) is 1. The van der Waals surface area contributed by atoms with Gasteiger partial charge >= 0.3 is 5.97 Å². The van der Waals surface area contributed by atoms with Crippen LogP contribution in [0.5, 0.6) is 5.75 Å². The van der Waals surface area contributed by atoms with Crippen molar-refractivity contribution in [3.8, 4) is 28.1 Å². The molecule has 232 valence electrons. The Balaban J connectivity index is 1.01. The number of fused-ring (bicyclic) bond motifs is 2. The number of piperazine rings is 1. The highest BCUT2D eigenvalue weighted by Gasteiger charge is 2.42. The van der Waals surface area contributed by atoms with Crippen molar-refractivity contribution in [1.29, 1.82) is 0 Å². The zero-order valence-electron chi connectivity index (χ0n) is 25.5. The van der Waals surface area contributed by atoms with Gasteiger partial charge in [0.05, 0.1) is 23.9 Å². The molecule has 3 aliphatic rings. The highest BCUT2D eigenvalue weighted by Crippen LogP contribution is 2.39. The van der Waals surface area contributed by atoms with Crippen LogP contribution in [-0.2, 0) is 9.53 Å². The molecule has 1 unspecified atom stereocenters. The lowest BCUT2D eigenvalue weighted by atomic mass is 9.78. The SMILES string of the molecule is CCOC(=O)C1CCC(c2ccc(-c3cnc(N4C5CC[C@H]4CN(c4cc(-c6ccccc6O)nnc4N)C5)nc3)cc2)CC1. The van der Waals surface area contributed by atoms with Crippen LogP contribution in [0, 0.1) is 5.92 Å². The van der Waals surface area contributed by atoms with Gasteiger partial charge in [-0.3, -0.25) is 4.79 Å². The number of carbonyl (C=O) groups excluding carboxylic acids is 1. The lowest BCUT2D eigenvalue weighted by Gasteiger charge is -2.42. The predicted octanol–water partition coefficient (Wildman–Crippen LogP) is 5.58. The van der Waals surface area contributed by atoms with Crippen molar-refractivity contribution in [3.05, 3.63) is 72.6 Å². The fourth-order valence-electron chi connectivity index (χ4n) is 7.37. The minimum absolute atomic E-state index is 0.0419. The Morgan fingerprint density at radius 3 is 2.27 bits per heavy atom. The minimum atomic E-state index is -0.0419. The fourth-order valence-corrected chi connectivity index (χ4v) is 7.37. The van der Waals surface area contributed by atoms with E-state index in [9.17, 15) is 9.90 Å². The molecule has 2 aliphatic heterocycles. The molecule has 3 N–H and O–H groups in total. The smallest absolute Gasteiger partial charge is 0.308 e. The Morgan fingerprint density at radius 1 is 0.911 bits per heavy atom. The number of hydrogen-bond donors (Lipinski definition) is 2. The summed E-state index contributed by atoms with van der Waals surface area (Å²) in [6.45, 7) is 3.87. The molecule has 1 saturated carbocycles. The molecular weight excluding hydrogens is 566 g/mol. The number of para-hydroxylation sites is 1. The third-order valence-electron chi connectivity index (χ3n) is 9.74. The molecule has 2 aromatic heterocycles. The first kappa shape index (κ1) is 29.0. The number of esters is 1. The van der Waals surface area contributed by atoms with Gasteiger partial charge in [0.15, 0.2) is 5.82 Å². The number of aromatic hydroxyl groups is 1. The van der Waals surface area contributed by atoms with Gasteiger partial charge < -0.3 is 25.4 Å². The zero-order valence-corrected chi connectivity index (χ0v) is 25.5. The number of nitrogen functional groups attached to an aromatic ring is 1. The van der Waals surface area contributed by atoms with Gasteiger partial charge in [-0.2, -0.15) is 0 Å². The summed E-state index contributed by atoms with van der Waals surface area (Å²) >= 11 is 0. The first-order chi connectivity index (χ1) is 22.0. The van der Waals surface area contributed by atoms with E-state index in [1.807, 2.05) is 37.5 Å². The zero-order chi connectivity index (χ0) is 30.9. The number of phenols is 1. The standard InChI is InChI=1S/C35H39N7O3/c1-2-45-34(44)25-13-11-23(12-14-25)22-7-9-24(10-8-22)26-18-37-35(38-19-26)42-27-15-16-28(42)21-41(20-27)31-17-30(39-40-33(31)36)29-5-3-4-6-32(29)43/h3-10,17-19,23,25,27-28,43H,2,11-16,20-21H2,1H3,(H2,36,40)/t23?,25?,27-,28?/m0/s1. The average molecular weight is 606 g/mol. The molecule has 2 saturated heterocycles. The molecule has 7 rings (SSSR count). The van der Waals surface area contributed by atoms with Crippen LogP contribution in [0.15, 0.2) is 67.0 Å². The second-order valence-electron chi connectivity index (χ2n) is 12.4. The number of nitrogens with two attached hydrogens (primary N) is 1. The van der Waals surface area contributed by atoms with Crippen molar-refractivity contribution < 1.29 is 14.6 Å². The largest absolute Gasteiger partial charge is 0.507 e. The Morgan fingerprint density at radius 2 is 1.60 bits per heavy atom. The second-order valence-corrected chi connectivity index (χ2v) is 12.4. The summed E-state index contributed by atoms with van der Waals surface area (Å²) in [6.07, 6.45) is 9.77. The molecular formula is C35H39N7O3. The van der Waals surface area contributed by atoms with Gasteiger partial charge in [-0.05, 0) is 80.7 Å². The maximum Gasteiger partial charge on any atom is 0.308 e. The molecule has 2 atom stereocenters. The van der Waals surface area contributed by atoms with E-state index in [0.717, 1.165) is 74.4 Å². The van der Waals surface area contributed by atoms with Gasteiger partial charge in [0.2, 0.25) is 5.95 Å². The van der Waals surface area contributed by atoms with Crippen LogP contribution in [0.25, 0.3) is 22.4 Å². The van der Waals surface area contributed by atoms with Crippen LogP contribution in [0.4, 0.5) is 17.5 Å². The molecule has 4 aromatic rings. The number of rotatable bonds is 7. The molecule has 0 amide bonds. The number of nitrogens with zero attached hydrogens (tertiary/aromatic N) is 6. The van der Waals surface area contributed by atoms with Gasteiger partial charge in [0, 0.05) is 48.7 Å². The molecule has 0 radical (unpaired) electrons. The first-order valence-electron chi connectivity index (χ1n) is 16.0. The molecule has 0 spiro atoms. The number of phenolic OH excluding ortho intramolecular Hbond substituents is 1. The lowest BCUT2D eigenvalue weighted by molar-refractivity contribution is -0.149. The summed E-state index contributed by atoms with van der Waals surface area (Å²) in [7, 11) is 0. The minimum Gasteiger partial charge on any atom is -0.507 e. The van der Waals surface area contributed by atoms with Gasteiger partial charge in [-0.25, -0.2) is 9.97 Å². The molecule has 2 bridgehead atoms. The van der Waals surface area contributed by atoms with Crippen LogP contribution in [0.2, 0.25) is 0 Å². The van der Waals surface area contributed by atoms with E-state index in [1.54, 1.807) is 12.1 Å². The van der Waals surface area contributed by atoms with Crippen LogP contribution in [0.1, 0.15) is 56.9 Å². The first-order valence-corrected chi connectivity index (χ1v) is 16.0. The molecule has 45 heavy (non-hydrogen) atoms. The maximum atomic E-state index is 12.1. The number of carbonyl (C=O) groups is 1. The number of anilines is 3. The second kappa shape index (κ2) is 12.3. The summed E-state index contributed by atoms with van der Waals surface area (Å²) in [6, 6.07) is 18.3. The van der Waals surface area contributed by atoms with Gasteiger partial charge in [0.25, 0.3) is 0 Å². The topological polar surface area (TPSA) is 131 Å². The summed E-state index contributed by atoms with van der Waals surface area (Å²) in [4.78, 5) is 26.4. The van der Waals surface area contributed by atoms with Crippen LogP contribution < -0.4 is 15.5 Å². The summed E-state index contributed by atoms with van der Waals surface area (Å²) in [5.74, 6) is 1.80. The summed E-state index contributed by atoms with van der Waals surface area (Å²) < 4.78 is 5.23. The van der Waals surface area contributed by atoms with E-state index in [2.05, 4.69) is 44.3 Å². The number of hydrogen-bond acceptors (Lipinski definition) is 10. The van der Waals surface area contributed by atoms with Crippen molar-refractivity contribution in [2.75, 3.05) is 35.2 Å². The summed E-state index contributed by atoms with van der Waals surface area (Å²) in [5, 5.41) is 18.8. The van der Waals surface area contributed by atoms with Gasteiger partial charge in [-0.15, -0.1) is 10.2 Å². The Kier molecular flexibility index (Phi) is 7.95. The fraction of sp³-hybridized carbons (Fsp3) is 0.400. The molecule has 2 aromatic carbocycles. The van der Waals surface area contributed by atoms with E-state index < -0.39 is 0 Å². The Bertz CT molecular complexity index is 1640. The monoisotopic (exact) mass is 605 g/mol. The maximum absolute atomic E-state index is 12.1. The number of aromatic nitrogens is 4. The van der Waals surface area contributed by atoms with Crippen molar-refractivity contribution in [3.63, 3.8) is 0 Å². The Hall–Kier alpha value is -4.73. The van der Waals surface area contributed by atoms with Crippen LogP contribution in [0.3, 0.4) is 0 Å². The third kappa shape index (κ3) is 5.77. The number of benzene rings is 2. The van der Waals surface area contributed by atoms with Crippen molar-refractivity contribution in [1.82, 2.24) is 20.2 Å². The normalized spacial score (nSPS) is 22.8. The van der Waals surface area contributed by atoms with Crippen LogP contribution in [-0.4, -0.2) is 63.0 Å². The molecule has 10 nitrogen and oxygen atoms in total. The van der Waals surface area contributed by atoms with Gasteiger partial charge in [-0.1, -0.05) is 36.4 Å². The highest BCUT2D eigenvalue weighted by molar-refractivity contribution is 5.75. The van der Waals surface area contributed by atoms with Gasteiger partial charge in [0.1, 0.15) is 5.75 Å². The van der Waals surface area contributed by atoms with E-state index >= 15 is 0 Å². The average Bonchev–Trinajstić information content (AvgIpc) is 3.34. The summed E-state index contributed by atoms with van der Waals surface area (Å²) in [5.41, 5.74) is 11.8. The Labute approximate surface area is 263 Å². The van der Waals surface area contributed by atoms with E-state index in [0.29, 0.717) is 29.6 Å². The molecule has 4 heterocycles. The molecule has 3 fully saturated rings. The molecule has 1 aliphatic carbocycles. The van der Waals surface area contributed by atoms with Crippen molar-refractivity contribution >= 4 is 23.4 Å². The highest BCUT2D eigenvalue weighted by atomic mass is 16.5. The predicted molar refractivity (Wildman–Crippen MR) is 174 cm³/mol. The third-order valence-corrected chi connectivity index (χ3v) is 9.74. The van der Waals surface area contributed by atoms with E-state index in [-0.39, 0.29) is 29.7 Å². The lowest BCUT2D eigenvalue weighted by Crippen LogP contribution is -2.54. The van der Waals surface area contributed by atoms with Crippen molar-refractivity contribution in [2.45, 2.75) is 63.5 Å². The van der Waals surface area contributed by atoms with Crippen LogP contribution >= 0.6 is 0 Å².